The summed E-state index contributed by atoms with van der Waals surface area (Å²) in [5.74, 6) is -1.20. The van der Waals surface area contributed by atoms with Crippen LogP contribution in [0.4, 0.5) is 8.78 Å². The molecule has 0 fully saturated rings. The smallest absolute Gasteiger partial charge is 0.135 e. The first-order chi connectivity index (χ1) is 12.0. The average Bonchev–Trinajstić information content (AvgIpc) is 2.59. The van der Waals surface area contributed by atoms with Gasteiger partial charge in [-0.3, -0.25) is 0 Å². The van der Waals surface area contributed by atoms with Crippen molar-refractivity contribution in [3.05, 3.63) is 83.1 Å². The molecule has 1 unspecified atom stereocenters. The Bertz CT molecular complexity index is 774. The highest BCUT2D eigenvalue weighted by Crippen LogP contribution is 2.37. The zero-order chi connectivity index (χ0) is 18.6. The molecule has 4 heteroatoms. The maximum absolute atomic E-state index is 14.4. The fraction of sp³-hybridized carbons (Fsp3) is 0.238. The summed E-state index contributed by atoms with van der Waals surface area (Å²) in [6.45, 7) is 9.51. The van der Waals surface area contributed by atoms with Gasteiger partial charge < -0.3 is 5.32 Å². The van der Waals surface area contributed by atoms with Crippen LogP contribution in [0, 0.1) is 18.6 Å². The third-order valence-corrected chi connectivity index (χ3v) is 4.33. The third kappa shape index (κ3) is 4.10. The predicted octanol–water partition coefficient (Wildman–Crippen LogP) is 6.28. The molecule has 0 aromatic heterocycles. The molecule has 0 radical (unpaired) electrons. The summed E-state index contributed by atoms with van der Waals surface area (Å²) in [5.41, 5.74) is 3.07. The van der Waals surface area contributed by atoms with Crippen LogP contribution in [0.25, 0.3) is 11.3 Å². The summed E-state index contributed by atoms with van der Waals surface area (Å²) in [4.78, 5) is 0. The molecule has 1 N–H and O–H groups in total. The van der Waals surface area contributed by atoms with Crippen molar-refractivity contribution in [2.24, 2.45) is 0 Å². The Kier molecular flexibility index (Phi) is 6.38. The monoisotopic (exact) mass is 361 g/mol. The van der Waals surface area contributed by atoms with E-state index in [0.717, 1.165) is 11.1 Å². The Morgan fingerprint density at radius 2 is 1.64 bits per heavy atom. The lowest BCUT2D eigenvalue weighted by atomic mass is 9.91. The average molecular weight is 362 g/mol. The van der Waals surface area contributed by atoms with Crippen molar-refractivity contribution in [3.8, 4) is 0 Å². The molecule has 25 heavy (non-hydrogen) atoms. The Morgan fingerprint density at radius 1 is 1.08 bits per heavy atom. The Hall–Kier alpha value is -2.13. The summed E-state index contributed by atoms with van der Waals surface area (Å²) in [5, 5.41) is 2.68. The maximum Gasteiger partial charge on any atom is 0.135 e. The van der Waals surface area contributed by atoms with E-state index in [-0.39, 0.29) is 10.9 Å². The second-order valence-electron chi connectivity index (χ2n) is 5.65. The predicted molar refractivity (Wildman–Crippen MR) is 102 cm³/mol. The number of aryl methyl sites for hydroxylation is 1. The molecule has 2 aromatic carbocycles. The third-order valence-electron chi connectivity index (χ3n) is 3.91. The van der Waals surface area contributed by atoms with Gasteiger partial charge in [0.1, 0.15) is 11.6 Å². The van der Waals surface area contributed by atoms with Crippen molar-refractivity contribution >= 4 is 22.9 Å². The minimum Gasteiger partial charge on any atom is -0.357 e. The Balaban J connectivity index is 0.00000109. The van der Waals surface area contributed by atoms with Crippen molar-refractivity contribution < 1.29 is 8.78 Å². The fourth-order valence-corrected chi connectivity index (χ4v) is 2.98. The number of hydrogen-bond donors (Lipinski definition) is 1. The first-order valence-corrected chi connectivity index (χ1v) is 8.75. The van der Waals surface area contributed by atoms with E-state index < -0.39 is 11.6 Å². The van der Waals surface area contributed by atoms with Gasteiger partial charge in [-0.25, -0.2) is 8.78 Å². The van der Waals surface area contributed by atoms with Gasteiger partial charge in [0.15, 0.2) is 0 Å². The molecule has 1 aliphatic heterocycles. The SMILES string of the molecule is C=C1NC(c2c(F)cc(C)cc2F)=C(c2ccccc2)CC1Cl.CC. The van der Waals surface area contributed by atoms with Crippen molar-refractivity contribution in [2.45, 2.75) is 32.6 Å². The molecular weight excluding hydrogens is 340 g/mol. The second-order valence-corrected chi connectivity index (χ2v) is 6.17. The van der Waals surface area contributed by atoms with Crippen LogP contribution < -0.4 is 5.32 Å². The lowest BCUT2D eigenvalue weighted by molar-refractivity contribution is 0.572. The van der Waals surface area contributed by atoms with Gasteiger partial charge >= 0.3 is 0 Å². The van der Waals surface area contributed by atoms with Gasteiger partial charge in [-0.05, 0) is 42.2 Å². The molecule has 0 aliphatic carbocycles. The van der Waals surface area contributed by atoms with Gasteiger partial charge in [0.05, 0.1) is 16.6 Å². The van der Waals surface area contributed by atoms with Crippen molar-refractivity contribution in [2.75, 3.05) is 0 Å². The van der Waals surface area contributed by atoms with Gasteiger partial charge in [-0.15, -0.1) is 11.6 Å². The molecule has 0 spiro atoms. The van der Waals surface area contributed by atoms with Crippen molar-refractivity contribution in [1.29, 1.82) is 0 Å². The van der Waals surface area contributed by atoms with Crippen LogP contribution in [0.5, 0.6) is 0 Å². The second kappa shape index (κ2) is 8.30. The number of hydrogen-bond acceptors (Lipinski definition) is 1. The highest BCUT2D eigenvalue weighted by Gasteiger charge is 2.27. The van der Waals surface area contributed by atoms with Crippen LogP contribution >= 0.6 is 11.6 Å². The number of benzene rings is 2. The molecule has 0 amide bonds. The van der Waals surface area contributed by atoms with Gasteiger partial charge in [-0.1, -0.05) is 50.8 Å². The Morgan fingerprint density at radius 3 is 2.20 bits per heavy atom. The van der Waals surface area contributed by atoms with E-state index in [2.05, 4.69) is 11.9 Å². The lowest BCUT2D eigenvalue weighted by Gasteiger charge is -2.28. The van der Waals surface area contributed by atoms with Crippen LogP contribution in [-0.2, 0) is 0 Å². The minimum atomic E-state index is -0.598. The normalized spacial score (nSPS) is 16.9. The van der Waals surface area contributed by atoms with Crippen LogP contribution in [0.15, 0.2) is 54.7 Å². The van der Waals surface area contributed by atoms with E-state index in [4.69, 9.17) is 11.6 Å². The van der Waals surface area contributed by atoms with Crippen LogP contribution in [0.3, 0.4) is 0 Å². The highest BCUT2D eigenvalue weighted by molar-refractivity contribution is 6.23. The van der Waals surface area contributed by atoms with E-state index in [1.807, 2.05) is 44.2 Å². The fourth-order valence-electron chi connectivity index (χ4n) is 2.77. The van der Waals surface area contributed by atoms with E-state index in [1.54, 1.807) is 6.92 Å². The minimum absolute atomic E-state index is 0.0702. The van der Waals surface area contributed by atoms with Gasteiger partial charge in [-0.2, -0.15) is 0 Å². The van der Waals surface area contributed by atoms with E-state index in [0.29, 0.717) is 23.4 Å². The van der Waals surface area contributed by atoms with Gasteiger partial charge in [0, 0.05) is 5.70 Å². The summed E-state index contributed by atoms with van der Waals surface area (Å²) in [6.07, 6.45) is 0.458. The number of allylic oxidation sites excluding steroid dienone is 2. The van der Waals surface area contributed by atoms with E-state index in [1.165, 1.54) is 12.1 Å². The molecule has 2 aromatic rings. The van der Waals surface area contributed by atoms with Gasteiger partial charge in [0.2, 0.25) is 0 Å². The first-order valence-electron chi connectivity index (χ1n) is 8.32. The first kappa shape index (κ1) is 19.2. The molecule has 1 nitrogen and oxygen atoms in total. The van der Waals surface area contributed by atoms with Crippen LogP contribution in [0.1, 0.15) is 37.0 Å². The van der Waals surface area contributed by atoms with Crippen molar-refractivity contribution in [3.63, 3.8) is 0 Å². The summed E-state index contributed by atoms with van der Waals surface area (Å²) in [6, 6.07) is 12.1. The molecule has 0 bridgehead atoms. The molecule has 0 saturated carbocycles. The van der Waals surface area contributed by atoms with Crippen LogP contribution in [-0.4, -0.2) is 5.38 Å². The van der Waals surface area contributed by atoms with Crippen LogP contribution in [0.2, 0.25) is 0 Å². The number of nitrogens with one attached hydrogen (secondary N) is 1. The molecule has 3 rings (SSSR count). The standard InChI is InChI=1S/C19H16ClF2N.C2H6/c1-11-8-16(21)18(17(22)9-11)19-14(10-15(20)12(2)23-19)13-6-4-3-5-7-13;1-2/h3-9,15,23H,2,10H2,1H3;1-2H3. The summed E-state index contributed by atoms with van der Waals surface area (Å²) >= 11 is 6.29. The summed E-state index contributed by atoms with van der Waals surface area (Å²) in [7, 11) is 0. The Labute approximate surface area is 153 Å². The lowest BCUT2D eigenvalue weighted by Crippen LogP contribution is -2.26. The zero-order valence-corrected chi connectivity index (χ0v) is 15.4. The highest BCUT2D eigenvalue weighted by atomic mass is 35.5. The van der Waals surface area contributed by atoms with E-state index >= 15 is 0 Å². The zero-order valence-electron chi connectivity index (χ0n) is 14.7. The molecule has 0 saturated heterocycles. The van der Waals surface area contributed by atoms with Crippen molar-refractivity contribution in [1.82, 2.24) is 5.32 Å². The quantitative estimate of drug-likeness (QED) is 0.620. The van der Waals surface area contributed by atoms with Gasteiger partial charge in [0.25, 0.3) is 0 Å². The molecule has 132 valence electrons. The number of rotatable bonds is 2. The largest absolute Gasteiger partial charge is 0.357 e. The molecular formula is C21H22ClF2N. The summed E-state index contributed by atoms with van der Waals surface area (Å²) < 4.78 is 28.9. The molecule has 1 atom stereocenters. The van der Waals surface area contributed by atoms with E-state index in [9.17, 15) is 8.78 Å². The number of alkyl halides is 1. The topological polar surface area (TPSA) is 12.0 Å². The maximum atomic E-state index is 14.4. The molecule has 1 heterocycles. The molecule has 1 aliphatic rings. The number of halogens is 3.